The van der Waals surface area contributed by atoms with Crippen LogP contribution in [0.4, 0.5) is 17.6 Å². The van der Waals surface area contributed by atoms with Crippen molar-refractivity contribution in [2.75, 3.05) is 0 Å². The molecule has 11 heteroatoms. The molecular weight excluding hydrogens is 408 g/mol. The molecule has 3 aromatic rings. The Morgan fingerprint density at radius 3 is 2.54 bits per heavy atom. The maximum atomic E-state index is 13.6. The van der Waals surface area contributed by atoms with Crippen LogP contribution in [0.1, 0.15) is 16.2 Å². The Balaban J connectivity index is 1.64. The Morgan fingerprint density at radius 2 is 1.86 bits per heavy atom. The summed E-state index contributed by atoms with van der Waals surface area (Å²) in [5, 5.41) is 3.80. The predicted octanol–water partition coefficient (Wildman–Crippen LogP) is 4.78. The fraction of sp³-hybridized carbons (Fsp3) is 0.118. The lowest BCUT2D eigenvalue weighted by molar-refractivity contribution is -0.274. The molecule has 1 aromatic heterocycles. The van der Waals surface area contributed by atoms with Crippen molar-refractivity contribution in [1.29, 1.82) is 0 Å². The van der Waals surface area contributed by atoms with Crippen LogP contribution in [0.3, 0.4) is 0 Å². The average Bonchev–Trinajstić information content (AvgIpc) is 3.10. The highest BCUT2D eigenvalue weighted by Gasteiger charge is 2.31. The van der Waals surface area contributed by atoms with Crippen molar-refractivity contribution in [3.8, 4) is 17.1 Å². The van der Waals surface area contributed by atoms with E-state index in [1.165, 1.54) is 18.2 Å². The van der Waals surface area contributed by atoms with Gasteiger partial charge < -0.3 is 14.0 Å². The molecule has 0 bridgehead atoms. The average molecular weight is 417 g/mol. The van der Waals surface area contributed by atoms with Gasteiger partial charge in [0, 0.05) is 10.6 Å². The van der Waals surface area contributed by atoms with Crippen LogP contribution >= 0.6 is 11.6 Å². The van der Waals surface area contributed by atoms with E-state index in [0.29, 0.717) is 5.56 Å². The van der Waals surface area contributed by atoms with E-state index in [0.717, 1.165) is 24.3 Å². The Hall–Kier alpha value is -3.14. The van der Waals surface area contributed by atoms with Gasteiger partial charge in [-0.25, -0.2) is 9.18 Å². The van der Waals surface area contributed by atoms with E-state index in [1.54, 1.807) is 0 Å². The molecule has 0 aliphatic carbocycles. The third-order valence-electron chi connectivity index (χ3n) is 3.29. The summed E-state index contributed by atoms with van der Waals surface area (Å²) in [6.07, 6.45) is -4.80. The minimum atomic E-state index is -4.80. The standard InChI is InChI=1S/C17H9ClF4N2O4/c18-10-3-6-13(19)12(7-10)16(25)26-8-14-23-15(24-28-14)9-1-4-11(5-2-9)27-17(20,21)22/h1-7H,8H2. The molecule has 0 radical (unpaired) electrons. The van der Waals surface area contributed by atoms with Gasteiger partial charge in [0.05, 0.1) is 5.56 Å². The van der Waals surface area contributed by atoms with Crippen molar-refractivity contribution >= 4 is 17.6 Å². The highest BCUT2D eigenvalue weighted by atomic mass is 35.5. The number of carbonyl (C=O) groups excluding carboxylic acids is 1. The Kier molecular flexibility index (Phi) is 5.50. The Labute approximate surface area is 159 Å². The van der Waals surface area contributed by atoms with Gasteiger partial charge in [0.1, 0.15) is 11.6 Å². The molecule has 0 N–H and O–H groups in total. The summed E-state index contributed by atoms with van der Waals surface area (Å²) in [5.74, 6) is -2.23. The number of ether oxygens (including phenoxy) is 2. The topological polar surface area (TPSA) is 74.5 Å². The summed E-state index contributed by atoms with van der Waals surface area (Å²) in [6, 6.07) is 8.18. The molecule has 0 aliphatic heterocycles. The quantitative estimate of drug-likeness (QED) is 0.440. The summed E-state index contributed by atoms with van der Waals surface area (Å²) in [6.45, 7) is -0.437. The van der Waals surface area contributed by atoms with E-state index < -0.39 is 30.5 Å². The van der Waals surface area contributed by atoms with E-state index in [2.05, 4.69) is 14.9 Å². The zero-order valence-corrected chi connectivity index (χ0v) is 14.4. The largest absolute Gasteiger partial charge is 0.573 e. The Morgan fingerprint density at radius 1 is 1.14 bits per heavy atom. The lowest BCUT2D eigenvalue weighted by Crippen LogP contribution is -2.16. The van der Waals surface area contributed by atoms with Gasteiger partial charge >= 0.3 is 12.3 Å². The van der Waals surface area contributed by atoms with Gasteiger partial charge in [-0.05, 0) is 42.5 Å². The van der Waals surface area contributed by atoms with Crippen molar-refractivity contribution in [3.63, 3.8) is 0 Å². The highest BCUT2D eigenvalue weighted by molar-refractivity contribution is 6.30. The van der Waals surface area contributed by atoms with Crippen LogP contribution in [0.25, 0.3) is 11.4 Å². The normalized spacial score (nSPS) is 11.3. The lowest BCUT2D eigenvalue weighted by atomic mass is 10.2. The first-order valence-corrected chi connectivity index (χ1v) is 7.90. The number of hydrogen-bond donors (Lipinski definition) is 0. The zero-order chi connectivity index (χ0) is 20.3. The molecule has 0 saturated carbocycles. The van der Waals surface area contributed by atoms with Crippen molar-refractivity contribution in [2.45, 2.75) is 13.0 Å². The van der Waals surface area contributed by atoms with Crippen molar-refractivity contribution in [1.82, 2.24) is 10.1 Å². The molecule has 28 heavy (non-hydrogen) atoms. The second kappa shape index (κ2) is 7.85. The second-order valence-corrected chi connectivity index (χ2v) is 5.72. The predicted molar refractivity (Wildman–Crippen MR) is 86.9 cm³/mol. The van der Waals surface area contributed by atoms with E-state index >= 15 is 0 Å². The first-order chi connectivity index (χ1) is 13.2. The minimum absolute atomic E-state index is 0.0542. The molecule has 3 rings (SSSR count). The third-order valence-corrected chi connectivity index (χ3v) is 3.52. The van der Waals surface area contributed by atoms with E-state index in [-0.39, 0.29) is 22.3 Å². The number of alkyl halides is 3. The molecule has 2 aromatic carbocycles. The molecule has 0 aliphatic rings. The van der Waals surface area contributed by atoms with Gasteiger partial charge in [-0.1, -0.05) is 16.8 Å². The summed E-state index contributed by atoms with van der Waals surface area (Å²) in [7, 11) is 0. The molecule has 1 heterocycles. The number of carbonyl (C=O) groups is 1. The van der Waals surface area contributed by atoms with E-state index in [9.17, 15) is 22.4 Å². The van der Waals surface area contributed by atoms with Gasteiger partial charge in [-0.2, -0.15) is 4.98 Å². The zero-order valence-electron chi connectivity index (χ0n) is 13.7. The first kappa shape index (κ1) is 19.6. The number of nitrogens with zero attached hydrogens (tertiary/aromatic N) is 2. The van der Waals surface area contributed by atoms with Crippen molar-refractivity contribution < 1.29 is 36.4 Å². The van der Waals surface area contributed by atoms with Crippen molar-refractivity contribution in [3.05, 3.63) is 64.8 Å². The first-order valence-electron chi connectivity index (χ1n) is 7.52. The van der Waals surface area contributed by atoms with Crippen LogP contribution in [0.5, 0.6) is 5.75 Å². The molecule has 0 amide bonds. The molecule has 6 nitrogen and oxygen atoms in total. The smallest absolute Gasteiger partial charge is 0.452 e. The van der Waals surface area contributed by atoms with Crippen LogP contribution in [-0.4, -0.2) is 22.5 Å². The van der Waals surface area contributed by atoms with Crippen LogP contribution < -0.4 is 4.74 Å². The van der Waals surface area contributed by atoms with Crippen molar-refractivity contribution in [2.24, 2.45) is 0 Å². The molecule has 0 saturated heterocycles. The second-order valence-electron chi connectivity index (χ2n) is 5.28. The van der Waals surface area contributed by atoms with E-state index in [1.807, 2.05) is 0 Å². The van der Waals surface area contributed by atoms with Crippen LogP contribution in [-0.2, 0) is 11.3 Å². The molecule has 0 spiro atoms. The molecular formula is C17H9ClF4N2O4. The number of rotatable bonds is 5. The number of benzene rings is 2. The van der Waals surface area contributed by atoms with Gasteiger partial charge in [0.15, 0.2) is 6.61 Å². The van der Waals surface area contributed by atoms with Gasteiger partial charge in [0.2, 0.25) is 5.82 Å². The van der Waals surface area contributed by atoms with Crippen LogP contribution in [0.15, 0.2) is 47.0 Å². The minimum Gasteiger partial charge on any atom is -0.452 e. The summed E-state index contributed by atoms with van der Waals surface area (Å²) < 4.78 is 63.6. The summed E-state index contributed by atoms with van der Waals surface area (Å²) in [4.78, 5) is 15.9. The maximum Gasteiger partial charge on any atom is 0.573 e. The number of hydrogen-bond acceptors (Lipinski definition) is 6. The van der Waals surface area contributed by atoms with Gasteiger partial charge in [0.25, 0.3) is 5.89 Å². The monoisotopic (exact) mass is 416 g/mol. The number of aromatic nitrogens is 2. The van der Waals surface area contributed by atoms with Crippen LogP contribution in [0.2, 0.25) is 5.02 Å². The molecule has 0 fully saturated rings. The summed E-state index contributed by atoms with van der Waals surface area (Å²) >= 11 is 5.71. The maximum absolute atomic E-state index is 13.6. The number of esters is 1. The number of halogens is 5. The molecule has 146 valence electrons. The van der Waals surface area contributed by atoms with Gasteiger partial charge in [-0.3, -0.25) is 0 Å². The molecule has 0 unspecified atom stereocenters. The third kappa shape index (κ3) is 4.97. The lowest BCUT2D eigenvalue weighted by Gasteiger charge is -2.08. The SMILES string of the molecule is O=C(OCc1nc(-c2ccc(OC(F)(F)F)cc2)no1)c1cc(Cl)ccc1F. The van der Waals surface area contributed by atoms with Gasteiger partial charge in [-0.15, -0.1) is 13.2 Å². The molecule has 0 atom stereocenters. The fourth-order valence-electron chi connectivity index (χ4n) is 2.10. The summed E-state index contributed by atoms with van der Waals surface area (Å²) in [5.41, 5.74) is -0.00997. The Bertz CT molecular complexity index is 990. The van der Waals surface area contributed by atoms with Crippen LogP contribution in [0, 0.1) is 5.82 Å². The van der Waals surface area contributed by atoms with E-state index in [4.69, 9.17) is 20.9 Å². The fourth-order valence-corrected chi connectivity index (χ4v) is 2.27. The highest BCUT2D eigenvalue weighted by Crippen LogP contribution is 2.25.